The van der Waals surface area contributed by atoms with Crippen LogP contribution in [0.15, 0.2) is 22.7 Å². The van der Waals surface area contributed by atoms with Crippen molar-refractivity contribution in [1.82, 2.24) is 5.32 Å². The molecule has 0 aromatic heterocycles. The van der Waals surface area contributed by atoms with E-state index in [-0.39, 0.29) is 17.8 Å². The lowest BCUT2D eigenvalue weighted by atomic mass is 9.85. The summed E-state index contributed by atoms with van der Waals surface area (Å²) >= 11 is 9.16. The average molecular weight is 349 g/mol. The molecule has 0 bridgehead atoms. The molecule has 2 nitrogen and oxygen atoms in total. The number of hydrogen-bond donors (Lipinski definition) is 1. The molecule has 1 aliphatic rings. The van der Waals surface area contributed by atoms with Gasteiger partial charge >= 0.3 is 0 Å². The zero-order valence-electron chi connectivity index (χ0n) is 10.5. The number of nitrogens with one attached hydrogen (secondary N) is 1. The monoisotopic (exact) mass is 347 g/mol. The van der Waals surface area contributed by atoms with Crippen molar-refractivity contribution in [2.45, 2.75) is 31.7 Å². The molecule has 2 unspecified atom stereocenters. The van der Waals surface area contributed by atoms with Crippen LogP contribution in [0.2, 0.25) is 0 Å². The molecular weight excluding hydrogens is 333 g/mol. The highest BCUT2D eigenvalue weighted by Gasteiger charge is 2.26. The van der Waals surface area contributed by atoms with Crippen LogP contribution >= 0.6 is 27.5 Å². The minimum absolute atomic E-state index is 0.121. The average Bonchev–Trinajstić information content (AvgIpc) is 2.39. The number of halogens is 3. The smallest absolute Gasteiger partial charge is 0.252 e. The van der Waals surface area contributed by atoms with Gasteiger partial charge in [0.1, 0.15) is 5.82 Å². The summed E-state index contributed by atoms with van der Waals surface area (Å²) in [6, 6.07) is 4.21. The number of alkyl halides is 1. The Kier molecular flexibility index (Phi) is 5.22. The van der Waals surface area contributed by atoms with Gasteiger partial charge in [-0.2, -0.15) is 0 Å². The van der Waals surface area contributed by atoms with Gasteiger partial charge in [-0.05, 0) is 52.9 Å². The van der Waals surface area contributed by atoms with E-state index in [1.54, 1.807) is 0 Å². The largest absolute Gasteiger partial charge is 0.349 e. The molecule has 1 aromatic rings. The molecule has 0 saturated heterocycles. The Labute approximate surface area is 125 Å². The number of amides is 1. The van der Waals surface area contributed by atoms with Crippen molar-refractivity contribution in [3.8, 4) is 0 Å². The molecule has 19 heavy (non-hydrogen) atoms. The van der Waals surface area contributed by atoms with E-state index in [1.165, 1.54) is 24.6 Å². The van der Waals surface area contributed by atoms with Crippen LogP contribution in [0.25, 0.3) is 0 Å². The summed E-state index contributed by atoms with van der Waals surface area (Å²) in [5, 5.41) is 3.02. The molecule has 5 heteroatoms. The van der Waals surface area contributed by atoms with Crippen LogP contribution in [0.5, 0.6) is 0 Å². The molecule has 2 atom stereocenters. The molecule has 0 aliphatic heterocycles. The van der Waals surface area contributed by atoms with E-state index in [0.717, 1.165) is 19.3 Å². The van der Waals surface area contributed by atoms with Crippen LogP contribution in [0, 0.1) is 11.7 Å². The van der Waals surface area contributed by atoms with Gasteiger partial charge in [0.25, 0.3) is 5.91 Å². The van der Waals surface area contributed by atoms with Crippen molar-refractivity contribution in [3.05, 3.63) is 34.1 Å². The number of hydrogen-bond acceptors (Lipinski definition) is 1. The highest BCUT2D eigenvalue weighted by molar-refractivity contribution is 9.10. The molecule has 1 aromatic carbocycles. The highest BCUT2D eigenvalue weighted by Crippen LogP contribution is 2.26. The van der Waals surface area contributed by atoms with E-state index in [2.05, 4.69) is 21.2 Å². The molecule has 104 valence electrons. The second-order valence-corrected chi connectivity index (χ2v) is 6.07. The lowest BCUT2D eigenvalue weighted by molar-refractivity contribution is 0.0910. The summed E-state index contributed by atoms with van der Waals surface area (Å²) < 4.78 is 13.5. The first-order chi connectivity index (χ1) is 9.11. The van der Waals surface area contributed by atoms with Crippen LogP contribution in [-0.4, -0.2) is 17.8 Å². The van der Waals surface area contributed by atoms with Gasteiger partial charge in [-0.25, -0.2) is 4.39 Å². The number of rotatable bonds is 3. The van der Waals surface area contributed by atoms with Crippen molar-refractivity contribution in [1.29, 1.82) is 0 Å². The van der Waals surface area contributed by atoms with E-state index in [1.807, 2.05) is 0 Å². The maximum absolute atomic E-state index is 13.0. The molecule has 0 spiro atoms. The molecule has 0 heterocycles. The molecule has 1 amide bonds. The predicted octanol–water partition coefficient (Wildman–Crippen LogP) is 4.12. The zero-order valence-corrected chi connectivity index (χ0v) is 12.8. The fraction of sp³-hybridized carbons (Fsp3) is 0.500. The number of carbonyl (C=O) groups excluding carboxylic acids is 1. The van der Waals surface area contributed by atoms with Gasteiger partial charge in [-0.3, -0.25) is 4.79 Å². The van der Waals surface area contributed by atoms with Crippen molar-refractivity contribution >= 4 is 33.4 Å². The van der Waals surface area contributed by atoms with E-state index < -0.39 is 0 Å². The quantitative estimate of drug-likeness (QED) is 0.818. The Balaban J connectivity index is 2.07. The molecule has 1 saturated carbocycles. The zero-order chi connectivity index (χ0) is 13.8. The van der Waals surface area contributed by atoms with Gasteiger partial charge in [0.05, 0.1) is 5.56 Å². The lowest BCUT2D eigenvalue weighted by Crippen LogP contribution is -2.42. The summed E-state index contributed by atoms with van der Waals surface area (Å²) in [5.74, 6) is 0.363. The van der Waals surface area contributed by atoms with E-state index >= 15 is 0 Å². The summed E-state index contributed by atoms with van der Waals surface area (Å²) in [6.45, 7) is 0. The molecule has 1 fully saturated rings. The second-order valence-electron chi connectivity index (χ2n) is 4.90. The van der Waals surface area contributed by atoms with Gasteiger partial charge < -0.3 is 5.32 Å². The SMILES string of the molecule is O=C(NC1CCCCC1CCl)c1ccc(F)cc1Br. The van der Waals surface area contributed by atoms with Gasteiger partial charge in [0.2, 0.25) is 0 Å². The highest BCUT2D eigenvalue weighted by atomic mass is 79.9. The van der Waals surface area contributed by atoms with Gasteiger partial charge in [0.15, 0.2) is 0 Å². The standard InChI is InChI=1S/C14H16BrClFNO/c15-12-7-10(17)5-6-11(12)14(19)18-13-4-2-1-3-9(13)8-16/h5-7,9,13H,1-4,8H2,(H,18,19). The van der Waals surface area contributed by atoms with Gasteiger partial charge in [0, 0.05) is 16.4 Å². The normalized spacial score (nSPS) is 23.1. The van der Waals surface area contributed by atoms with Crippen molar-refractivity contribution in [2.24, 2.45) is 5.92 Å². The molecule has 2 rings (SSSR count). The predicted molar refractivity (Wildman–Crippen MR) is 78.0 cm³/mol. The Hall–Kier alpha value is -0.610. The van der Waals surface area contributed by atoms with Gasteiger partial charge in [-0.15, -0.1) is 11.6 Å². The molecule has 0 radical (unpaired) electrons. The van der Waals surface area contributed by atoms with Crippen LogP contribution in [-0.2, 0) is 0 Å². The first kappa shape index (κ1) is 14.8. The minimum atomic E-state index is -0.361. The van der Waals surface area contributed by atoms with Crippen molar-refractivity contribution in [3.63, 3.8) is 0 Å². The van der Waals surface area contributed by atoms with Crippen molar-refractivity contribution < 1.29 is 9.18 Å². The Bertz CT molecular complexity index is 469. The molecule has 1 aliphatic carbocycles. The summed E-state index contributed by atoms with van der Waals surface area (Å²) in [6.07, 6.45) is 4.30. The van der Waals surface area contributed by atoms with Gasteiger partial charge in [-0.1, -0.05) is 12.8 Å². The van der Waals surface area contributed by atoms with Crippen LogP contribution in [0.4, 0.5) is 4.39 Å². The van der Waals surface area contributed by atoms with Crippen LogP contribution in [0.3, 0.4) is 0 Å². The summed E-state index contributed by atoms with van der Waals surface area (Å²) in [7, 11) is 0. The second kappa shape index (κ2) is 6.71. The lowest BCUT2D eigenvalue weighted by Gasteiger charge is -2.30. The fourth-order valence-corrected chi connectivity index (χ4v) is 3.40. The third-order valence-corrected chi connectivity index (χ3v) is 4.65. The van der Waals surface area contributed by atoms with Crippen LogP contribution in [0.1, 0.15) is 36.0 Å². The maximum Gasteiger partial charge on any atom is 0.252 e. The third kappa shape index (κ3) is 3.69. The number of benzene rings is 1. The first-order valence-corrected chi connectivity index (χ1v) is 7.76. The van der Waals surface area contributed by atoms with Crippen LogP contribution < -0.4 is 5.32 Å². The topological polar surface area (TPSA) is 29.1 Å². The summed E-state index contributed by atoms with van der Waals surface area (Å²) in [5.41, 5.74) is 0.459. The molecule has 1 N–H and O–H groups in total. The van der Waals surface area contributed by atoms with E-state index in [4.69, 9.17) is 11.6 Å². The first-order valence-electron chi connectivity index (χ1n) is 6.43. The number of carbonyl (C=O) groups is 1. The van der Waals surface area contributed by atoms with E-state index in [0.29, 0.717) is 21.8 Å². The Morgan fingerprint density at radius 1 is 1.42 bits per heavy atom. The van der Waals surface area contributed by atoms with Crippen molar-refractivity contribution in [2.75, 3.05) is 5.88 Å². The fourth-order valence-electron chi connectivity index (χ4n) is 2.50. The molecular formula is C14H16BrClFNO. The summed E-state index contributed by atoms with van der Waals surface area (Å²) in [4.78, 5) is 12.2. The minimum Gasteiger partial charge on any atom is -0.349 e. The maximum atomic E-state index is 13.0. The van der Waals surface area contributed by atoms with E-state index in [9.17, 15) is 9.18 Å². The Morgan fingerprint density at radius 2 is 2.16 bits per heavy atom. The third-order valence-electron chi connectivity index (χ3n) is 3.60. The Morgan fingerprint density at radius 3 is 2.84 bits per heavy atom.